The first-order chi connectivity index (χ1) is 8.99. The normalized spacial score (nSPS) is 27.0. The van der Waals surface area contributed by atoms with Crippen LogP contribution in [0, 0.1) is 11.8 Å². The first kappa shape index (κ1) is 14.2. The zero-order valence-electron chi connectivity index (χ0n) is 11.3. The van der Waals surface area contributed by atoms with Crippen molar-refractivity contribution in [3.8, 4) is 0 Å². The molecule has 0 aliphatic heterocycles. The topological polar surface area (TPSA) is 49.3 Å². The van der Waals surface area contributed by atoms with Gasteiger partial charge in [0.2, 0.25) is 0 Å². The van der Waals surface area contributed by atoms with Crippen LogP contribution in [0.1, 0.15) is 43.5 Å². The summed E-state index contributed by atoms with van der Waals surface area (Å²) < 4.78 is 0. The molecule has 0 saturated heterocycles. The maximum absolute atomic E-state index is 11.3. The number of aromatic carboxylic acids is 1. The van der Waals surface area contributed by atoms with Crippen LogP contribution in [0.2, 0.25) is 5.02 Å². The highest BCUT2D eigenvalue weighted by molar-refractivity contribution is 6.31. The van der Waals surface area contributed by atoms with Crippen LogP contribution < -0.4 is 5.32 Å². The number of rotatable bonds is 3. The molecule has 1 aliphatic carbocycles. The van der Waals surface area contributed by atoms with Crippen LogP contribution in [0.25, 0.3) is 0 Å². The van der Waals surface area contributed by atoms with Gasteiger partial charge >= 0.3 is 5.97 Å². The molecule has 4 heteroatoms. The van der Waals surface area contributed by atoms with Crippen molar-refractivity contribution in [1.82, 2.24) is 0 Å². The average Bonchev–Trinajstić information content (AvgIpc) is 2.36. The Labute approximate surface area is 119 Å². The van der Waals surface area contributed by atoms with E-state index in [1.165, 1.54) is 18.9 Å². The smallest absolute Gasteiger partial charge is 0.337 e. The molecule has 0 bridgehead atoms. The maximum atomic E-state index is 11.3. The number of hydrogen-bond donors (Lipinski definition) is 2. The summed E-state index contributed by atoms with van der Waals surface area (Å²) in [4.78, 5) is 11.3. The minimum Gasteiger partial charge on any atom is -0.478 e. The first-order valence-corrected chi connectivity index (χ1v) is 7.16. The van der Waals surface area contributed by atoms with E-state index >= 15 is 0 Å². The van der Waals surface area contributed by atoms with Crippen LogP contribution in [0.15, 0.2) is 18.2 Å². The van der Waals surface area contributed by atoms with Crippen LogP contribution in [0.4, 0.5) is 5.69 Å². The maximum Gasteiger partial charge on any atom is 0.337 e. The number of anilines is 1. The first-order valence-electron chi connectivity index (χ1n) is 6.78. The molecule has 1 aliphatic rings. The van der Waals surface area contributed by atoms with Gasteiger partial charge in [0, 0.05) is 16.8 Å². The predicted octanol–water partition coefficient (Wildman–Crippen LogP) is 4.27. The van der Waals surface area contributed by atoms with Crippen molar-refractivity contribution in [2.45, 2.75) is 39.2 Å². The van der Waals surface area contributed by atoms with Crippen molar-refractivity contribution < 1.29 is 9.90 Å². The van der Waals surface area contributed by atoms with Crippen molar-refractivity contribution >= 4 is 23.3 Å². The van der Waals surface area contributed by atoms with Crippen molar-refractivity contribution in [2.75, 3.05) is 5.32 Å². The highest BCUT2D eigenvalue weighted by Crippen LogP contribution is 2.32. The van der Waals surface area contributed by atoms with E-state index in [0.29, 0.717) is 28.6 Å². The van der Waals surface area contributed by atoms with Gasteiger partial charge in [0.15, 0.2) is 0 Å². The molecule has 3 nitrogen and oxygen atoms in total. The fourth-order valence-electron chi connectivity index (χ4n) is 2.80. The van der Waals surface area contributed by atoms with E-state index in [2.05, 4.69) is 19.2 Å². The molecular formula is C15H20ClNO2. The van der Waals surface area contributed by atoms with Gasteiger partial charge in [0.05, 0.1) is 5.56 Å². The lowest BCUT2D eigenvalue weighted by molar-refractivity contribution is 0.0698. The lowest BCUT2D eigenvalue weighted by Crippen LogP contribution is -2.35. The number of carboxylic acids is 1. The molecule has 104 valence electrons. The summed E-state index contributed by atoms with van der Waals surface area (Å²) in [6.07, 6.45) is 3.54. The Morgan fingerprint density at radius 2 is 2.11 bits per heavy atom. The van der Waals surface area contributed by atoms with Crippen molar-refractivity contribution in [3.63, 3.8) is 0 Å². The Balaban J connectivity index is 2.21. The lowest BCUT2D eigenvalue weighted by atomic mass is 9.78. The van der Waals surface area contributed by atoms with Crippen LogP contribution in [0.3, 0.4) is 0 Å². The zero-order chi connectivity index (χ0) is 14.0. The molecular weight excluding hydrogens is 262 g/mol. The molecule has 0 heterocycles. The van der Waals surface area contributed by atoms with Crippen molar-refractivity contribution in [2.24, 2.45) is 11.8 Å². The van der Waals surface area contributed by atoms with E-state index in [-0.39, 0.29) is 5.56 Å². The van der Waals surface area contributed by atoms with Gasteiger partial charge in [-0.1, -0.05) is 38.3 Å². The molecule has 3 atom stereocenters. The lowest BCUT2D eigenvalue weighted by Gasteiger charge is -2.35. The molecule has 1 fully saturated rings. The van der Waals surface area contributed by atoms with Gasteiger partial charge in [0.1, 0.15) is 0 Å². The Morgan fingerprint density at radius 1 is 1.37 bits per heavy atom. The molecule has 0 amide bonds. The van der Waals surface area contributed by atoms with Crippen LogP contribution in [-0.2, 0) is 0 Å². The highest BCUT2D eigenvalue weighted by Gasteiger charge is 2.27. The number of nitrogens with one attached hydrogen (secondary N) is 1. The molecule has 0 spiro atoms. The predicted molar refractivity (Wildman–Crippen MR) is 78.0 cm³/mol. The van der Waals surface area contributed by atoms with E-state index < -0.39 is 5.97 Å². The largest absolute Gasteiger partial charge is 0.478 e. The van der Waals surface area contributed by atoms with E-state index in [4.69, 9.17) is 11.6 Å². The van der Waals surface area contributed by atoms with Gasteiger partial charge < -0.3 is 10.4 Å². The standard InChI is InChI=1S/C15H20ClNO2/c1-9-4-3-5-13(10(9)2)17-14-7-6-11(16)8-12(14)15(18)19/h6-10,13,17H,3-5H2,1-2H3,(H,18,19). The van der Waals surface area contributed by atoms with Gasteiger partial charge in [-0.3, -0.25) is 0 Å². The van der Waals surface area contributed by atoms with Crippen molar-refractivity contribution in [1.29, 1.82) is 0 Å². The van der Waals surface area contributed by atoms with Gasteiger partial charge in [-0.05, 0) is 36.5 Å². The molecule has 19 heavy (non-hydrogen) atoms. The Morgan fingerprint density at radius 3 is 2.79 bits per heavy atom. The fraction of sp³-hybridized carbons (Fsp3) is 0.533. The summed E-state index contributed by atoms with van der Waals surface area (Å²) >= 11 is 5.86. The van der Waals surface area contributed by atoms with Gasteiger partial charge in [-0.15, -0.1) is 0 Å². The Kier molecular flexibility index (Phi) is 4.35. The summed E-state index contributed by atoms with van der Waals surface area (Å²) in [7, 11) is 0. The van der Waals surface area contributed by atoms with Crippen LogP contribution >= 0.6 is 11.6 Å². The van der Waals surface area contributed by atoms with E-state index in [1.54, 1.807) is 12.1 Å². The van der Waals surface area contributed by atoms with Crippen LogP contribution in [0.5, 0.6) is 0 Å². The Hall–Kier alpha value is -1.22. The molecule has 0 aromatic heterocycles. The molecule has 0 radical (unpaired) electrons. The van der Waals surface area contributed by atoms with E-state index in [9.17, 15) is 9.90 Å². The Bertz CT molecular complexity index is 475. The zero-order valence-corrected chi connectivity index (χ0v) is 12.1. The summed E-state index contributed by atoms with van der Waals surface area (Å²) in [5, 5.41) is 13.1. The molecule has 2 N–H and O–H groups in total. The van der Waals surface area contributed by atoms with Crippen molar-refractivity contribution in [3.05, 3.63) is 28.8 Å². The summed E-state index contributed by atoms with van der Waals surface area (Å²) in [5.41, 5.74) is 0.917. The van der Waals surface area contributed by atoms with Gasteiger partial charge in [-0.25, -0.2) is 4.79 Å². The average molecular weight is 282 g/mol. The molecule has 2 rings (SSSR count). The molecule has 1 aromatic rings. The second-order valence-corrected chi connectivity index (χ2v) is 5.95. The van der Waals surface area contributed by atoms with E-state index in [0.717, 1.165) is 6.42 Å². The van der Waals surface area contributed by atoms with Crippen LogP contribution in [-0.4, -0.2) is 17.1 Å². The third kappa shape index (κ3) is 3.21. The second kappa shape index (κ2) is 5.83. The third-order valence-corrected chi connectivity index (χ3v) is 4.49. The number of benzene rings is 1. The third-order valence-electron chi connectivity index (χ3n) is 4.26. The molecule has 3 unspecified atom stereocenters. The highest BCUT2D eigenvalue weighted by atomic mass is 35.5. The summed E-state index contributed by atoms with van der Waals surface area (Å²) in [5.74, 6) is 0.277. The summed E-state index contributed by atoms with van der Waals surface area (Å²) in [6, 6.07) is 5.33. The van der Waals surface area contributed by atoms with E-state index in [1.807, 2.05) is 0 Å². The monoisotopic (exact) mass is 281 g/mol. The second-order valence-electron chi connectivity index (χ2n) is 5.51. The number of halogens is 1. The minimum absolute atomic E-state index is 0.248. The van der Waals surface area contributed by atoms with Gasteiger partial charge in [-0.2, -0.15) is 0 Å². The fourth-order valence-corrected chi connectivity index (χ4v) is 2.98. The molecule has 1 saturated carbocycles. The quantitative estimate of drug-likeness (QED) is 0.870. The number of carboxylic acid groups (broad SMARTS) is 1. The summed E-state index contributed by atoms with van der Waals surface area (Å²) in [6.45, 7) is 4.50. The number of hydrogen-bond acceptors (Lipinski definition) is 2. The van der Waals surface area contributed by atoms with Gasteiger partial charge in [0.25, 0.3) is 0 Å². The molecule has 1 aromatic carbocycles. The SMILES string of the molecule is CC1CCCC(Nc2ccc(Cl)cc2C(=O)O)C1C. The number of carbonyl (C=O) groups is 1. The minimum atomic E-state index is -0.943.